The molecule has 0 amide bonds. The van der Waals surface area contributed by atoms with Crippen molar-refractivity contribution in [1.29, 1.82) is 0 Å². The Morgan fingerprint density at radius 1 is 1.17 bits per heavy atom. The van der Waals surface area contributed by atoms with Crippen molar-refractivity contribution in [2.75, 3.05) is 18.1 Å². The molecule has 0 radical (unpaired) electrons. The number of aliphatic hydroxyl groups excluding tert-OH is 1. The number of hydrogen-bond donors (Lipinski definition) is 1. The Labute approximate surface area is 137 Å². The van der Waals surface area contributed by atoms with E-state index >= 15 is 0 Å². The number of rotatable bonds is 4. The molecule has 0 spiro atoms. The Morgan fingerprint density at radius 2 is 1.91 bits per heavy atom. The predicted octanol–water partition coefficient (Wildman–Crippen LogP) is 3.50. The highest BCUT2D eigenvalue weighted by Gasteiger charge is 2.24. The van der Waals surface area contributed by atoms with Crippen LogP contribution in [0.5, 0.6) is 0 Å². The molecule has 2 aromatic carbocycles. The second kappa shape index (κ2) is 6.55. The minimum atomic E-state index is 0.0641. The van der Waals surface area contributed by atoms with E-state index in [-0.39, 0.29) is 18.4 Å². The Kier molecular flexibility index (Phi) is 4.49. The van der Waals surface area contributed by atoms with Gasteiger partial charge in [-0.05, 0) is 56.5 Å². The minimum absolute atomic E-state index is 0.0641. The van der Waals surface area contributed by atoms with E-state index in [2.05, 4.69) is 4.90 Å². The molecule has 0 aromatic heterocycles. The molecule has 0 saturated carbocycles. The van der Waals surface area contributed by atoms with Gasteiger partial charge in [-0.1, -0.05) is 23.8 Å². The molecule has 3 heteroatoms. The summed E-state index contributed by atoms with van der Waals surface area (Å²) >= 11 is 0. The normalized spacial score (nSPS) is 17.5. The van der Waals surface area contributed by atoms with Crippen molar-refractivity contribution < 1.29 is 9.90 Å². The summed E-state index contributed by atoms with van der Waals surface area (Å²) in [5, 5.41) is 9.45. The van der Waals surface area contributed by atoms with Crippen LogP contribution in [0.1, 0.15) is 39.9 Å². The third-order valence-corrected chi connectivity index (χ3v) is 4.68. The first kappa shape index (κ1) is 15.8. The van der Waals surface area contributed by atoms with Crippen molar-refractivity contribution in [3.63, 3.8) is 0 Å². The largest absolute Gasteiger partial charge is 0.394 e. The van der Waals surface area contributed by atoms with Crippen LogP contribution in [-0.2, 0) is 0 Å². The molecule has 1 atom stereocenters. The first-order chi connectivity index (χ1) is 11.1. The lowest BCUT2D eigenvalue weighted by Gasteiger charge is -2.25. The number of aryl methyl sites for hydroxylation is 2. The number of nitrogens with zero attached hydrogens (tertiary/aromatic N) is 1. The molecule has 0 bridgehead atoms. The first-order valence-electron chi connectivity index (χ1n) is 8.19. The average Bonchev–Trinajstić information content (AvgIpc) is 3.03. The summed E-state index contributed by atoms with van der Waals surface area (Å²) in [7, 11) is 0. The van der Waals surface area contributed by atoms with Crippen LogP contribution in [0, 0.1) is 13.8 Å². The van der Waals surface area contributed by atoms with Crippen molar-refractivity contribution in [3.05, 3.63) is 64.7 Å². The Morgan fingerprint density at radius 3 is 2.57 bits per heavy atom. The highest BCUT2D eigenvalue weighted by atomic mass is 16.3. The molecule has 1 N–H and O–H groups in total. The van der Waals surface area contributed by atoms with Gasteiger partial charge in [0.05, 0.1) is 12.6 Å². The van der Waals surface area contributed by atoms with Crippen molar-refractivity contribution in [2.45, 2.75) is 32.7 Å². The van der Waals surface area contributed by atoms with Gasteiger partial charge in [-0.15, -0.1) is 0 Å². The number of benzene rings is 2. The summed E-state index contributed by atoms with van der Waals surface area (Å²) in [5.41, 5.74) is 4.73. The van der Waals surface area contributed by atoms with Gasteiger partial charge in [0.2, 0.25) is 0 Å². The van der Waals surface area contributed by atoms with E-state index in [0.29, 0.717) is 5.56 Å². The van der Waals surface area contributed by atoms with E-state index in [0.717, 1.165) is 36.2 Å². The summed E-state index contributed by atoms with van der Waals surface area (Å²) in [4.78, 5) is 14.9. The first-order valence-corrected chi connectivity index (χ1v) is 8.19. The highest BCUT2D eigenvalue weighted by molar-refractivity contribution is 6.10. The number of carbonyl (C=O) groups is 1. The zero-order chi connectivity index (χ0) is 16.4. The number of ketones is 1. The predicted molar refractivity (Wildman–Crippen MR) is 93.2 cm³/mol. The van der Waals surface area contributed by atoms with Crippen LogP contribution in [0.15, 0.2) is 42.5 Å². The van der Waals surface area contributed by atoms with Gasteiger partial charge in [-0.25, -0.2) is 0 Å². The Balaban J connectivity index is 1.83. The number of carbonyl (C=O) groups excluding carboxylic acids is 1. The van der Waals surface area contributed by atoms with E-state index in [1.54, 1.807) is 0 Å². The van der Waals surface area contributed by atoms with Crippen LogP contribution >= 0.6 is 0 Å². The highest BCUT2D eigenvalue weighted by Crippen LogP contribution is 2.26. The maximum Gasteiger partial charge on any atom is 0.193 e. The SMILES string of the molecule is Cc1ccc(C(=O)c2ccc(N3CCC[C@H]3CO)cc2)c(C)c1. The fourth-order valence-corrected chi connectivity index (χ4v) is 3.39. The second-order valence-electron chi connectivity index (χ2n) is 6.37. The quantitative estimate of drug-likeness (QED) is 0.879. The van der Waals surface area contributed by atoms with Gasteiger partial charge in [-0.3, -0.25) is 4.79 Å². The van der Waals surface area contributed by atoms with Crippen LogP contribution in [0.2, 0.25) is 0 Å². The number of hydrogen-bond acceptors (Lipinski definition) is 3. The summed E-state index contributed by atoms with van der Waals surface area (Å²) in [6.07, 6.45) is 2.13. The zero-order valence-electron chi connectivity index (χ0n) is 13.7. The van der Waals surface area contributed by atoms with Crippen molar-refractivity contribution in [1.82, 2.24) is 0 Å². The van der Waals surface area contributed by atoms with Gasteiger partial charge in [0, 0.05) is 23.4 Å². The van der Waals surface area contributed by atoms with Crippen LogP contribution in [0.25, 0.3) is 0 Å². The maximum absolute atomic E-state index is 12.7. The fraction of sp³-hybridized carbons (Fsp3) is 0.350. The number of anilines is 1. The summed E-state index contributed by atoms with van der Waals surface area (Å²) in [6, 6.07) is 13.9. The Hall–Kier alpha value is -2.13. The monoisotopic (exact) mass is 309 g/mol. The van der Waals surface area contributed by atoms with E-state index in [1.807, 2.05) is 56.3 Å². The third kappa shape index (κ3) is 3.15. The average molecular weight is 309 g/mol. The van der Waals surface area contributed by atoms with Crippen LogP contribution in [0.3, 0.4) is 0 Å². The van der Waals surface area contributed by atoms with E-state index < -0.39 is 0 Å². The lowest BCUT2D eigenvalue weighted by Crippen LogP contribution is -2.31. The second-order valence-corrected chi connectivity index (χ2v) is 6.37. The topological polar surface area (TPSA) is 40.5 Å². The summed E-state index contributed by atoms with van der Waals surface area (Å²) in [6.45, 7) is 5.16. The third-order valence-electron chi connectivity index (χ3n) is 4.68. The summed E-state index contributed by atoms with van der Waals surface area (Å²) in [5.74, 6) is 0.0641. The molecule has 1 heterocycles. The molecule has 3 rings (SSSR count). The van der Waals surface area contributed by atoms with Crippen molar-refractivity contribution >= 4 is 11.5 Å². The van der Waals surface area contributed by atoms with Crippen LogP contribution in [0.4, 0.5) is 5.69 Å². The summed E-state index contributed by atoms with van der Waals surface area (Å²) < 4.78 is 0. The van der Waals surface area contributed by atoms with Crippen molar-refractivity contribution in [3.8, 4) is 0 Å². The van der Waals surface area contributed by atoms with Crippen molar-refractivity contribution in [2.24, 2.45) is 0 Å². The molecule has 1 aliphatic rings. The van der Waals surface area contributed by atoms with E-state index in [1.165, 1.54) is 5.56 Å². The standard InChI is InChI=1S/C20H23NO2/c1-14-5-10-19(15(2)12-14)20(23)16-6-8-17(9-7-16)21-11-3-4-18(21)13-22/h5-10,12,18,22H,3-4,11,13H2,1-2H3/t18-/m0/s1. The number of aliphatic hydroxyl groups is 1. The van der Waals surface area contributed by atoms with Gasteiger partial charge in [0.15, 0.2) is 5.78 Å². The molecule has 3 nitrogen and oxygen atoms in total. The van der Waals surface area contributed by atoms with Crippen LogP contribution < -0.4 is 4.90 Å². The Bertz CT molecular complexity index is 706. The molecular formula is C20H23NO2. The zero-order valence-corrected chi connectivity index (χ0v) is 13.7. The smallest absolute Gasteiger partial charge is 0.193 e. The molecule has 2 aromatic rings. The molecule has 120 valence electrons. The molecule has 23 heavy (non-hydrogen) atoms. The molecule has 0 aliphatic carbocycles. The van der Waals surface area contributed by atoms with Gasteiger partial charge in [0.25, 0.3) is 0 Å². The minimum Gasteiger partial charge on any atom is -0.394 e. The molecule has 0 unspecified atom stereocenters. The molecule has 1 fully saturated rings. The molecule has 1 aliphatic heterocycles. The lowest BCUT2D eigenvalue weighted by molar-refractivity contribution is 0.103. The van der Waals surface area contributed by atoms with E-state index in [4.69, 9.17) is 0 Å². The fourth-order valence-electron chi connectivity index (χ4n) is 3.39. The van der Waals surface area contributed by atoms with Gasteiger partial charge in [-0.2, -0.15) is 0 Å². The van der Waals surface area contributed by atoms with Gasteiger partial charge >= 0.3 is 0 Å². The molecule has 1 saturated heterocycles. The van der Waals surface area contributed by atoms with Gasteiger partial charge in [0.1, 0.15) is 0 Å². The maximum atomic E-state index is 12.7. The van der Waals surface area contributed by atoms with Gasteiger partial charge < -0.3 is 10.0 Å². The van der Waals surface area contributed by atoms with Crippen LogP contribution in [-0.4, -0.2) is 30.1 Å². The van der Waals surface area contributed by atoms with E-state index in [9.17, 15) is 9.90 Å². The lowest BCUT2D eigenvalue weighted by atomic mass is 9.97. The molecular weight excluding hydrogens is 286 g/mol.